The summed E-state index contributed by atoms with van der Waals surface area (Å²) >= 11 is 7.14. The second-order valence-corrected chi connectivity index (χ2v) is 9.21. The average Bonchev–Trinajstić information content (AvgIpc) is 3.12. The van der Waals surface area contributed by atoms with Gasteiger partial charge < -0.3 is 10.2 Å². The number of benzene rings is 1. The summed E-state index contributed by atoms with van der Waals surface area (Å²) in [7, 11) is 0. The quantitative estimate of drug-likeness (QED) is 0.720. The number of carbonyl (C=O) groups is 2. The summed E-state index contributed by atoms with van der Waals surface area (Å²) in [6, 6.07) is 6.23. The van der Waals surface area contributed by atoms with E-state index in [0.717, 1.165) is 18.0 Å². The molecule has 1 atom stereocenters. The van der Waals surface area contributed by atoms with Gasteiger partial charge in [0.05, 0.1) is 0 Å². The van der Waals surface area contributed by atoms with Gasteiger partial charge in [-0.05, 0) is 62.3 Å². The van der Waals surface area contributed by atoms with Gasteiger partial charge in [-0.15, -0.1) is 5.10 Å². The fourth-order valence-corrected chi connectivity index (χ4v) is 3.26. The van der Waals surface area contributed by atoms with E-state index in [9.17, 15) is 9.59 Å². The molecule has 28 heavy (non-hydrogen) atoms. The van der Waals surface area contributed by atoms with E-state index in [1.54, 1.807) is 34.5 Å². The minimum Gasteiger partial charge on any atom is -0.349 e. The summed E-state index contributed by atoms with van der Waals surface area (Å²) in [6.07, 6.45) is 0.760. The van der Waals surface area contributed by atoms with Crippen molar-refractivity contribution in [2.45, 2.75) is 52.6 Å². The minimum atomic E-state index is -0.788. The van der Waals surface area contributed by atoms with Crippen LogP contribution in [-0.2, 0) is 4.79 Å². The topological polar surface area (TPSA) is 75.2 Å². The Morgan fingerprint density at radius 3 is 2.36 bits per heavy atom. The van der Waals surface area contributed by atoms with E-state index in [0.29, 0.717) is 23.0 Å². The van der Waals surface area contributed by atoms with E-state index >= 15 is 0 Å². The molecule has 0 aliphatic carbocycles. The van der Waals surface area contributed by atoms with Crippen LogP contribution in [0.5, 0.6) is 0 Å². The predicted octanol–water partition coefficient (Wildman–Crippen LogP) is 4.34. The molecule has 1 N–H and O–H groups in total. The molecule has 6 nitrogen and oxygen atoms in total. The van der Waals surface area contributed by atoms with Gasteiger partial charge in [0.25, 0.3) is 5.91 Å². The van der Waals surface area contributed by atoms with Crippen LogP contribution in [0.2, 0.25) is 5.02 Å². The molecule has 0 aliphatic heterocycles. The molecule has 0 bridgehead atoms. The van der Waals surface area contributed by atoms with Crippen molar-refractivity contribution in [1.29, 1.82) is 0 Å². The molecule has 152 valence electrons. The van der Waals surface area contributed by atoms with Gasteiger partial charge in [-0.2, -0.15) is 0 Å². The number of hydrogen-bond acceptors (Lipinski definition) is 5. The molecule has 2 amide bonds. The zero-order valence-corrected chi connectivity index (χ0v) is 18.5. The maximum Gasteiger partial charge on any atom is 0.276 e. The maximum absolute atomic E-state index is 13.2. The number of hydrogen-bond donors (Lipinski definition) is 1. The number of nitrogens with one attached hydrogen (secondary N) is 1. The van der Waals surface area contributed by atoms with E-state index in [-0.39, 0.29) is 17.5 Å². The highest BCUT2D eigenvalue weighted by molar-refractivity contribution is 7.03. The van der Waals surface area contributed by atoms with Crippen molar-refractivity contribution >= 4 is 34.9 Å². The number of nitrogens with zero attached hydrogens (tertiary/aromatic N) is 3. The van der Waals surface area contributed by atoms with Crippen LogP contribution in [-0.4, -0.2) is 38.4 Å². The van der Waals surface area contributed by atoms with E-state index in [2.05, 4.69) is 28.8 Å². The first kappa shape index (κ1) is 22.3. The van der Waals surface area contributed by atoms with Crippen LogP contribution in [0.25, 0.3) is 0 Å². The second-order valence-electron chi connectivity index (χ2n) is 8.16. The lowest BCUT2D eigenvalue weighted by molar-refractivity contribution is -0.127. The molecule has 1 aromatic carbocycles. The third-order valence-corrected chi connectivity index (χ3v) is 4.79. The van der Waals surface area contributed by atoms with E-state index in [1.165, 1.54) is 0 Å². The van der Waals surface area contributed by atoms with Gasteiger partial charge >= 0.3 is 0 Å². The first-order valence-electron chi connectivity index (χ1n) is 9.24. The van der Waals surface area contributed by atoms with Gasteiger partial charge in [-0.25, -0.2) is 0 Å². The molecule has 0 saturated carbocycles. The third-order valence-electron chi connectivity index (χ3n) is 4.03. The molecule has 1 aromatic heterocycles. The van der Waals surface area contributed by atoms with E-state index in [1.807, 2.05) is 20.8 Å². The summed E-state index contributed by atoms with van der Waals surface area (Å²) in [5.74, 6) is -0.172. The Morgan fingerprint density at radius 2 is 1.86 bits per heavy atom. The van der Waals surface area contributed by atoms with Gasteiger partial charge in [0.1, 0.15) is 6.04 Å². The second kappa shape index (κ2) is 9.47. The molecule has 1 heterocycles. The largest absolute Gasteiger partial charge is 0.349 e. The normalized spacial score (nSPS) is 12.7. The van der Waals surface area contributed by atoms with Gasteiger partial charge in [0, 0.05) is 22.5 Å². The number of rotatable bonds is 7. The average molecular weight is 423 g/mol. The van der Waals surface area contributed by atoms with Crippen molar-refractivity contribution in [2.24, 2.45) is 5.92 Å². The molecule has 0 spiro atoms. The Bertz CT molecular complexity index is 786. The lowest BCUT2D eigenvalue weighted by Crippen LogP contribution is -2.49. The van der Waals surface area contributed by atoms with Crippen LogP contribution in [0.15, 0.2) is 29.6 Å². The maximum atomic E-state index is 13.2. The molecule has 0 aliphatic rings. The zero-order valence-electron chi connectivity index (χ0n) is 16.9. The number of amides is 2. The first-order chi connectivity index (χ1) is 13.1. The smallest absolute Gasteiger partial charge is 0.276 e. The molecular weight excluding hydrogens is 396 g/mol. The van der Waals surface area contributed by atoms with Gasteiger partial charge in [-0.1, -0.05) is 42.1 Å². The van der Waals surface area contributed by atoms with Gasteiger partial charge in [0.2, 0.25) is 5.91 Å². The van der Waals surface area contributed by atoms with Crippen molar-refractivity contribution in [3.63, 3.8) is 0 Å². The van der Waals surface area contributed by atoms with Crippen molar-refractivity contribution in [3.05, 3.63) is 45.9 Å². The fraction of sp³-hybridized carbons (Fsp3) is 0.500. The van der Waals surface area contributed by atoms with Crippen LogP contribution in [0.4, 0.5) is 0 Å². The summed E-state index contributed by atoms with van der Waals surface area (Å²) in [5.41, 5.74) is 0.513. The van der Waals surface area contributed by atoms with Crippen molar-refractivity contribution in [3.8, 4) is 0 Å². The lowest BCUT2D eigenvalue weighted by atomic mass is 10.00. The standard InChI is InChI=1S/C20H27ClN4O2S/c1-13(2)10-11-25(19(27)16-12-28-24-23-16)17(18(26)22-20(3,4)5)14-6-8-15(21)9-7-14/h6-9,12-13,17H,10-11H2,1-5H3,(H,22,26)/t17-/m1/s1. The van der Waals surface area contributed by atoms with Gasteiger partial charge in [-0.3, -0.25) is 9.59 Å². The molecular formula is C20H27ClN4O2S. The van der Waals surface area contributed by atoms with E-state index < -0.39 is 11.6 Å². The minimum absolute atomic E-state index is 0.241. The molecule has 0 unspecified atom stereocenters. The highest BCUT2D eigenvalue weighted by Gasteiger charge is 2.34. The summed E-state index contributed by atoms with van der Waals surface area (Å²) < 4.78 is 3.79. The van der Waals surface area contributed by atoms with Crippen LogP contribution in [0.1, 0.15) is 63.1 Å². The monoisotopic (exact) mass is 422 g/mol. The van der Waals surface area contributed by atoms with Crippen molar-refractivity contribution < 1.29 is 9.59 Å². The Balaban J connectivity index is 2.47. The fourth-order valence-electron chi connectivity index (χ4n) is 2.71. The van der Waals surface area contributed by atoms with Crippen LogP contribution in [0.3, 0.4) is 0 Å². The summed E-state index contributed by atoms with van der Waals surface area (Å²) in [6.45, 7) is 10.3. The summed E-state index contributed by atoms with van der Waals surface area (Å²) in [4.78, 5) is 28.0. The first-order valence-corrected chi connectivity index (χ1v) is 10.5. The Morgan fingerprint density at radius 1 is 1.21 bits per heavy atom. The van der Waals surface area contributed by atoms with Gasteiger partial charge in [0.15, 0.2) is 5.69 Å². The highest BCUT2D eigenvalue weighted by Crippen LogP contribution is 2.26. The Kier molecular flexibility index (Phi) is 7.55. The Hall–Kier alpha value is -1.99. The SMILES string of the molecule is CC(C)CCN(C(=O)c1csnn1)[C@@H](C(=O)NC(C)(C)C)c1ccc(Cl)cc1. The highest BCUT2D eigenvalue weighted by atomic mass is 35.5. The number of carbonyl (C=O) groups excluding carboxylic acids is 2. The molecule has 0 fully saturated rings. The van der Waals surface area contributed by atoms with Crippen LogP contribution < -0.4 is 5.32 Å². The van der Waals surface area contributed by atoms with Crippen molar-refractivity contribution in [1.82, 2.24) is 19.8 Å². The Labute approximate surface area is 175 Å². The lowest BCUT2D eigenvalue weighted by Gasteiger charge is -2.33. The molecule has 2 aromatic rings. The third kappa shape index (κ3) is 6.27. The predicted molar refractivity (Wildman–Crippen MR) is 112 cm³/mol. The van der Waals surface area contributed by atoms with Crippen molar-refractivity contribution in [2.75, 3.05) is 6.54 Å². The van der Waals surface area contributed by atoms with Crippen LogP contribution in [0, 0.1) is 5.92 Å². The van der Waals surface area contributed by atoms with E-state index in [4.69, 9.17) is 11.6 Å². The zero-order chi connectivity index (χ0) is 20.9. The molecule has 0 saturated heterocycles. The number of halogens is 1. The summed E-state index contributed by atoms with van der Waals surface area (Å²) in [5, 5.41) is 9.09. The molecule has 0 radical (unpaired) electrons. The van der Waals surface area contributed by atoms with Crippen LogP contribution >= 0.6 is 23.1 Å². The number of aromatic nitrogens is 2. The molecule has 8 heteroatoms. The molecule has 2 rings (SSSR count).